The van der Waals surface area contributed by atoms with Crippen LogP contribution in [0.4, 0.5) is 0 Å². The van der Waals surface area contributed by atoms with Gasteiger partial charge in [-0.05, 0) is 55.9 Å². The van der Waals surface area contributed by atoms with Crippen LogP contribution in [0.1, 0.15) is 29.3 Å². The van der Waals surface area contributed by atoms with E-state index in [0.29, 0.717) is 6.54 Å². The zero-order chi connectivity index (χ0) is 25.8. The Morgan fingerprint density at radius 1 is 0.919 bits per heavy atom. The van der Waals surface area contributed by atoms with Gasteiger partial charge in [0.15, 0.2) is 5.76 Å². The monoisotopic (exact) mass is 497 g/mol. The lowest BCUT2D eigenvalue weighted by Crippen LogP contribution is -2.44. The number of nitrogens with zero attached hydrogens (tertiary/aromatic N) is 5. The highest BCUT2D eigenvalue weighted by atomic mass is 16.5. The molecule has 3 aromatic rings. The summed E-state index contributed by atoms with van der Waals surface area (Å²) in [5.41, 5.74) is 5.08. The third-order valence-electron chi connectivity index (χ3n) is 7.06. The van der Waals surface area contributed by atoms with Crippen molar-refractivity contribution in [3.63, 3.8) is 0 Å². The van der Waals surface area contributed by atoms with E-state index in [9.17, 15) is 5.11 Å². The predicted octanol–water partition coefficient (Wildman–Crippen LogP) is 3.41. The third kappa shape index (κ3) is 6.23. The minimum atomic E-state index is -0.486. The Hall–Kier alpha value is -3.57. The van der Waals surface area contributed by atoms with Crippen molar-refractivity contribution in [2.75, 3.05) is 40.3 Å². The molecule has 0 aliphatic carbocycles. The molecule has 0 saturated carbocycles. The molecule has 0 bridgehead atoms. The van der Waals surface area contributed by atoms with Gasteiger partial charge in [0, 0.05) is 74.9 Å². The number of hydrogen-bond acceptors (Lipinski definition) is 7. The normalized spacial score (nSPS) is 19.2. The molecule has 0 radical (unpaired) electrons. The van der Waals surface area contributed by atoms with Gasteiger partial charge in [0.05, 0.1) is 12.6 Å². The van der Waals surface area contributed by atoms with Crippen molar-refractivity contribution in [1.29, 1.82) is 0 Å². The maximum Gasteiger partial charge on any atom is 0.167 e. The van der Waals surface area contributed by atoms with Crippen LogP contribution in [0.15, 0.2) is 71.5 Å². The first kappa shape index (κ1) is 25.1. The second-order valence-corrected chi connectivity index (χ2v) is 10.1. The molecule has 1 saturated heterocycles. The molecule has 1 N–H and O–H groups in total. The molecule has 1 fully saturated rings. The summed E-state index contributed by atoms with van der Waals surface area (Å²) in [5.74, 6) is 7.26. The Morgan fingerprint density at radius 3 is 2.22 bits per heavy atom. The minimum Gasteiger partial charge on any atom is -0.389 e. The molecule has 192 valence electrons. The molecular formula is C30H35N5O2. The molecule has 2 aliphatic rings. The number of benzene rings is 2. The average molecular weight is 498 g/mol. The van der Waals surface area contributed by atoms with Crippen molar-refractivity contribution in [2.45, 2.75) is 32.3 Å². The fourth-order valence-electron chi connectivity index (χ4n) is 4.89. The zero-order valence-corrected chi connectivity index (χ0v) is 21.8. The summed E-state index contributed by atoms with van der Waals surface area (Å²) in [6, 6.07) is 18.6. The third-order valence-corrected chi connectivity index (χ3v) is 7.06. The van der Waals surface area contributed by atoms with Gasteiger partial charge in [0.25, 0.3) is 0 Å². The van der Waals surface area contributed by atoms with Gasteiger partial charge in [-0.25, -0.2) is 0 Å². The summed E-state index contributed by atoms with van der Waals surface area (Å²) in [7, 11) is 4.14. The summed E-state index contributed by atoms with van der Waals surface area (Å²) in [6.45, 7) is 7.89. The van der Waals surface area contributed by atoms with E-state index in [1.807, 2.05) is 54.7 Å². The maximum absolute atomic E-state index is 10.1. The van der Waals surface area contributed by atoms with Crippen molar-refractivity contribution in [2.24, 2.45) is 0 Å². The van der Waals surface area contributed by atoms with E-state index in [1.54, 1.807) is 6.92 Å². The molecule has 2 aliphatic heterocycles. The molecule has 3 heterocycles. The van der Waals surface area contributed by atoms with Gasteiger partial charge in [0.1, 0.15) is 11.9 Å². The Bertz CT molecular complexity index is 1260. The van der Waals surface area contributed by atoms with Crippen molar-refractivity contribution in [3.8, 4) is 23.2 Å². The number of hydrogen-bond donors (Lipinski definition) is 1. The molecule has 1 unspecified atom stereocenters. The summed E-state index contributed by atoms with van der Waals surface area (Å²) in [4.78, 5) is 8.94. The van der Waals surface area contributed by atoms with Crippen molar-refractivity contribution >= 4 is 0 Å². The molecule has 0 spiro atoms. The largest absolute Gasteiger partial charge is 0.389 e. The molecule has 5 rings (SSSR count). The number of rotatable bonds is 6. The van der Waals surface area contributed by atoms with Gasteiger partial charge in [0.2, 0.25) is 0 Å². The van der Waals surface area contributed by atoms with Crippen LogP contribution in [0.2, 0.25) is 0 Å². The topological polar surface area (TPSA) is 59.2 Å². The van der Waals surface area contributed by atoms with E-state index in [0.717, 1.165) is 60.9 Å². The SMILES string of the molecule is C[C@H](O)C1N(C)C=CN1Cc1cc(-c2ccc(C#Cc3ccc(CN4CCN(C)CC4)cc3)cc2)on1. The van der Waals surface area contributed by atoms with Gasteiger partial charge < -0.3 is 24.3 Å². The number of likely N-dealkylation sites (N-methyl/N-ethyl adjacent to an activating group) is 2. The van der Waals surface area contributed by atoms with Crippen LogP contribution in [0.25, 0.3) is 11.3 Å². The minimum absolute atomic E-state index is 0.105. The number of aliphatic hydroxyl groups excluding tert-OH is 1. The summed E-state index contributed by atoms with van der Waals surface area (Å²) < 4.78 is 5.60. The van der Waals surface area contributed by atoms with Crippen molar-refractivity contribution in [3.05, 3.63) is 89.4 Å². The van der Waals surface area contributed by atoms with E-state index < -0.39 is 6.10 Å². The summed E-state index contributed by atoms with van der Waals surface area (Å²) in [5, 5.41) is 14.3. The van der Waals surface area contributed by atoms with Crippen LogP contribution in [0.5, 0.6) is 0 Å². The van der Waals surface area contributed by atoms with Gasteiger partial charge in [-0.2, -0.15) is 0 Å². The fraction of sp³-hybridized carbons (Fsp3) is 0.367. The quantitative estimate of drug-likeness (QED) is 0.524. The predicted molar refractivity (Wildman–Crippen MR) is 145 cm³/mol. The second kappa shape index (κ2) is 11.2. The lowest BCUT2D eigenvalue weighted by molar-refractivity contribution is 0.0296. The van der Waals surface area contributed by atoms with Gasteiger partial charge in [-0.1, -0.05) is 29.1 Å². The maximum atomic E-state index is 10.1. The van der Waals surface area contributed by atoms with Gasteiger partial charge in [-0.3, -0.25) is 4.90 Å². The van der Waals surface area contributed by atoms with Crippen LogP contribution in [-0.4, -0.2) is 82.4 Å². The Labute approximate surface area is 219 Å². The standard InChI is InChI=1S/C30H35N5O2/c1-23(36)30-33(3)16-19-35(30)22-28-20-29(37-31-28)27-12-10-25(11-13-27)5-4-24-6-8-26(9-7-24)21-34-17-14-32(2)15-18-34/h6-13,16,19-20,23,30,36H,14-15,17-18,21-22H2,1-3H3/t23-,30?/m0/s1. The molecule has 37 heavy (non-hydrogen) atoms. The van der Waals surface area contributed by atoms with E-state index >= 15 is 0 Å². The van der Waals surface area contributed by atoms with Crippen LogP contribution in [0, 0.1) is 11.8 Å². The first-order valence-electron chi connectivity index (χ1n) is 12.9. The fourth-order valence-corrected chi connectivity index (χ4v) is 4.89. The van der Waals surface area contributed by atoms with Crippen molar-refractivity contribution < 1.29 is 9.63 Å². The second-order valence-electron chi connectivity index (χ2n) is 10.1. The summed E-state index contributed by atoms with van der Waals surface area (Å²) in [6.07, 6.45) is 3.34. The highest BCUT2D eigenvalue weighted by Gasteiger charge is 2.28. The number of aliphatic hydroxyl groups is 1. The van der Waals surface area contributed by atoms with E-state index in [4.69, 9.17) is 4.52 Å². The highest BCUT2D eigenvalue weighted by Crippen LogP contribution is 2.24. The van der Waals surface area contributed by atoms with Crippen LogP contribution < -0.4 is 0 Å². The molecule has 7 heteroatoms. The van der Waals surface area contributed by atoms with E-state index in [-0.39, 0.29) is 6.17 Å². The van der Waals surface area contributed by atoms with Crippen LogP contribution in [-0.2, 0) is 13.1 Å². The molecule has 2 aromatic carbocycles. The lowest BCUT2D eigenvalue weighted by atomic mass is 10.1. The molecule has 0 amide bonds. The average Bonchev–Trinajstić information content (AvgIpc) is 3.52. The molecule has 7 nitrogen and oxygen atoms in total. The Balaban J connectivity index is 1.17. The van der Waals surface area contributed by atoms with E-state index in [1.165, 1.54) is 5.56 Å². The molecule has 1 aromatic heterocycles. The van der Waals surface area contributed by atoms with E-state index in [2.05, 4.69) is 63.0 Å². The van der Waals surface area contributed by atoms with Gasteiger partial charge in [-0.15, -0.1) is 0 Å². The zero-order valence-electron chi connectivity index (χ0n) is 21.8. The summed E-state index contributed by atoms with van der Waals surface area (Å²) >= 11 is 0. The number of piperazine rings is 1. The first-order chi connectivity index (χ1) is 17.9. The molecule has 2 atom stereocenters. The highest BCUT2D eigenvalue weighted by molar-refractivity contribution is 5.59. The van der Waals surface area contributed by atoms with Crippen LogP contribution >= 0.6 is 0 Å². The van der Waals surface area contributed by atoms with Crippen LogP contribution in [0.3, 0.4) is 0 Å². The lowest BCUT2D eigenvalue weighted by Gasteiger charge is -2.32. The Kier molecular flexibility index (Phi) is 7.61. The smallest absolute Gasteiger partial charge is 0.167 e. The van der Waals surface area contributed by atoms with Crippen molar-refractivity contribution in [1.82, 2.24) is 24.8 Å². The Morgan fingerprint density at radius 2 is 1.57 bits per heavy atom. The number of aromatic nitrogens is 1. The first-order valence-corrected chi connectivity index (χ1v) is 12.9. The van der Waals surface area contributed by atoms with Gasteiger partial charge >= 0.3 is 0 Å². The molecular weight excluding hydrogens is 462 g/mol.